The van der Waals surface area contributed by atoms with Gasteiger partial charge in [-0.1, -0.05) is 12.5 Å². The minimum Gasteiger partial charge on any atom is -0.493 e. The van der Waals surface area contributed by atoms with E-state index in [9.17, 15) is 9.90 Å². The van der Waals surface area contributed by atoms with Crippen molar-refractivity contribution in [3.63, 3.8) is 0 Å². The molecule has 6 bridgehead atoms. The van der Waals surface area contributed by atoms with E-state index >= 15 is 0 Å². The molecule has 0 fully saturated rings. The SMILES string of the molecule is Cc1cc2nc3sc2c(c1C(OC(C)(C)C)C(=O)O)-c1ccc2c(c1)C(CCCC[C@H](C)Oc1c(cnc4cc(N)ccc14)-c1cc-3ccn1)CCO2. The minimum atomic E-state index is -1.19. The number of fused-ring (bicyclic) bond motifs is 10. The molecule has 10 heteroatoms. The molecule has 9 nitrogen and oxygen atoms in total. The lowest BCUT2D eigenvalue weighted by molar-refractivity contribution is -0.160. The van der Waals surface area contributed by atoms with Crippen molar-refractivity contribution >= 4 is 44.1 Å². The molecule has 0 aliphatic carbocycles. The summed E-state index contributed by atoms with van der Waals surface area (Å²) in [4.78, 5) is 27.8. The molecule has 0 saturated heterocycles. The number of aromatic nitrogens is 3. The monoisotopic (exact) mass is 728 g/mol. The Morgan fingerprint density at radius 1 is 1.00 bits per heavy atom. The number of benzene rings is 3. The van der Waals surface area contributed by atoms with Gasteiger partial charge in [-0.05, 0) is 131 Å². The number of rotatable bonds is 3. The topological polar surface area (TPSA) is 130 Å². The van der Waals surface area contributed by atoms with Crippen molar-refractivity contribution in [3.8, 4) is 44.5 Å². The highest BCUT2D eigenvalue weighted by Crippen LogP contribution is 2.47. The Labute approximate surface area is 313 Å². The number of hydrogen-bond donors (Lipinski definition) is 2. The van der Waals surface area contributed by atoms with Crippen LogP contribution >= 0.6 is 11.3 Å². The van der Waals surface area contributed by atoms with Crippen LogP contribution in [-0.2, 0) is 9.53 Å². The van der Waals surface area contributed by atoms with Crippen LogP contribution in [0.4, 0.5) is 5.69 Å². The van der Waals surface area contributed by atoms with Crippen LogP contribution in [0.1, 0.15) is 88.5 Å². The molecule has 53 heavy (non-hydrogen) atoms. The van der Waals surface area contributed by atoms with Gasteiger partial charge in [0.2, 0.25) is 0 Å². The summed E-state index contributed by atoms with van der Waals surface area (Å²) in [6.07, 6.45) is 7.24. The summed E-state index contributed by atoms with van der Waals surface area (Å²) in [5, 5.41) is 12.3. The van der Waals surface area contributed by atoms with Crippen LogP contribution in [0.15, 0.2) is 67.0 Å². The Bertz CT molecular complexity index is 2380. The van der Waals surface area contributed by atoms with E-state index in [0.29, 0.717) is 23.8 Å². The fourth-order valence-electron chi connectivity index (χ4n) is 7.75. The predicted octanol–water partition coefficient (Wildman–Crippen LogP) is 10.3. The third-order valence-corrected chi connectivity index (χ3v) is 11.3. The second kappa shape index (κ2) is 13.7. The van der Waals surface area contributed by atoms with Crippen LogP contribution in [0.25, 0.3) is 54.1 Å². The van der Waals surface area contributed by atoms with Crippen molar-refractivity contribution in [2.24, 2.45) is 0 Å². The van der Waals surface area contributed by atoms with Crippen molar-refractivity contribution in [1.82, 2.24) is 15.0 Å². The normalized spacial score (nSPS) is 18.0. The van der Waals surface area contributed by atoms with E-state index in [4.69, 9.17) is 34.9 Å². The highest BCUT2D eigenvalue weighted by molar-refractivity contribution is 7.22. The number of aryl methyl sites for hydroxylation is 1. The van der Waals surface area contributed by atoms with Gasteiger partial charge in [0.15, 0.2) is 6.10 Å². The lowest BCUT2D eigenvalue weighted by Crippen LogP contribution is -2.28. The smallest absolute Gasteiger partial charge is 0.337 e. The number of thiazole rings is 1. The van der Waals surface area contributed by atoms with Crippen molar-refractivity contribution in [2.45, 2.75) is 90.4 Å². The molecule has 2 unspecified atom stereocenters. The quantitative estimate of drug-likeness (QED) is 0.171. The molecule has 0 spiro atoms. The second-order valence-corrected chi connectivity index (χ2v) is 16.3. The molecule has 0 radical (unpaired) electrons. The fourth-order valence-corrected chi connectivity index (χ4v) is 8.88. The average molecular weight is 729 g/mol. The third-order valence-electron chi connectivity index (χ3n) is 10.2. The van der Waals surface area contributed by atoms with Gasteiger partial charge in [0.25, 0.3) is 0 Å². The summed E-state index contributed by atoms with van der Waals surface area (Å²) in [6.45, 7) is 10.4. The maximum absolute atomic E-state index is 13.0. The van der Waals surface area contributed by atoms with E-state index in [0.717, 1.165) is 109 Å². The van der Waals surface area contributed by atoms with Gasteiger partial charge in [-0.2, -0.15) is 0 Å². The molecular weight excluding hydrogens is 685 g/mol. The number of aliphatic carboxylic acids is 1. The van der Waals surface area contributed by atoms with Crippen LogP contribution < -0.4 is 15.2 Å². The van der Waals surface area contributed by atoms with E-state index in [1.54, 1.807) is 17.5 Å². The first-order valence-corrected chi connectivity index (χ1v) is 19.2. The number of nitrogen functional groups attached to an aromatic ring is 1. The number of carboxylic acids is 1. The maximum Gasteiger partial charge on any atom is 0.337 e. The number of nitrogens with two attached hydrogens (primary N) is 1. The minimum absolute atomic E-state index is 0.0451. The van der Waals surface area contributed by atoms with Crippen LogP contribution in [0.3, 0.4) is 0 Å². The molecule has 3 aromatic heterocycles. The van der Waals surface area contributed by atoms with Gasteiger partial charge in [-0.15, -0.1) is 11.3 Å². The van der Waals surface area contributed by atoms with E-state index in [1.165, 1.54) is 0 Å². The summed E-state index contributed by atoms with van der Waals surface area (Å²) in [6, 6.07) is 18.0. The molecule has 2 aliphatic rings. The van der Waals surface area contributed by atoms with Crippen molar-refractivity contribution in [3.05, 3.63) is 83.7 Å². The maximum atomic E-state index is 13.0. The van der Waals surface area contributed by atoms with Crippen molar-refractivity contribution in [2.75, 3.05) is 12.3 Å². The summed E-state index contributed by atoms with van der Waals surface area (Å²) >= 11 is 1.54. The Morgan fingerprint density at radius 2 is 1.83 bits per heavy atom. The standard InChI is InChI=1S/C43H44N4O5S/c1-23-18-34-40-37(36(23)39(42(48)49)52-43(3,4)5)26-10-13-35-30(19-26)25(15-17-50-35)9-7-6-8-24(2)51-38-29-12-11-28(44)21-33(29)46-22-31(38)32-20-27(14-16-45-32)41(47-34)53-40/h10-14,16,18-22,24-25,39H,6-9,15,17,44H2,1-5H3,(H,48,49)/t24-,25?,39?/m0/s1. The second-order valence-electron chi connectivity index (χ2n) is 15.3. The fraction of sp³-hybridized carbons (Fsp3) is 0.349. The molecule has 6 aromatic rings. The lowest BCUT2D eigenvalue weighted by atomic mass is 9.85. The summed E-state index contributed by atoms with van der Waals surface area (Å²) < 4.78 is 20.2. The Kier molecular flexibility index (Phi) is 9.07. The third kappa shape index (κ3) is 6.82. The largest absolute Gasteiger partial charge is 0.493 e. The molecule has 5 heterocycles. The first-order valence-electron chi connectivity index (χ1n) is 18.4. The number of pyridine rings is 2. The average Bonchev–Trinajstić information content (AvgIpc) is 3.55. The Hall–Kier alpha value is -5.06. The van der Waals surface area contributed by atoms with E-state index in [1.807, 2.05) is 76.4 Å². The predicted molar refractivity (Wildman–Crippen MR) is 211 cm³/mol. The van der Waals surface area contributed by atoms with E-state index in [-0.39, 0.29) is 6.10 Å². The highest BCUT2D eigenvalue weighted by Gasteiger charge is 2.33. The van der Waals surface area contributed by atoms with Gasteiger partial charge in [0, 0.05) is 40.2 Å². The molecule has 272 valence electrons. The molecule has 8 rings (SSSR count). The van der Waals surface area contributed by atoms with Gasteiger partial charge in [-0.3, -0.25) is 9.97 Å². The number of nitrogens with zero attached hydrogens (tertiary/aromatic N) is 3. The zero-order valence-corrected chi connectivity index (χ0v) is 31.5. The van der Waals surface area contributed by atoms with Gasteiger partial charge in [0.05, 0.1) is 45.3 Å². The number of anilines is 1. The Balaban J connectivity index is 1.37. The van der Waals surface area contributed by atoms with Crippen molar-refractivity contribution in [1.29, 1.82) is 0 Å². The van der Waals surface area contributed by atoms with Gasteiger partial charge < -0.3 is 25.1 Å². The lowest BCUT2D eigenvalue weighted by Gasteiger charge is -2.29. The molecule has 3 N–H and O–H groups in total. The highest BCUT2D eigenvalue weighted by atomic mass is 32.1. The molecule has 0 amide bonds. The van der Waals surface area contributed by atoms with Crippen LogP contribution in [0, 0.1) is 6.92 Å². The van der Waals surface area contributed by atoms with Gasteiger partial charge in [0.1, 0.15) is 16.5 Å². The number of ether oxygens (including phenoxy) is 3. The summed E-state index contributed by atoms with van der Waals surface area (Å²) in [5.41, 5.74) is 14.4. The van der Waals surface area contributed by atoms with Gasteiger partial charge >= 0.3 is 5.97 Å². The first-order chi connectivity index (χ1) is 25.4. The summed E-state index contributed by atoms with van der Waals surface area (Å²) in [7, 11) is 0. The Morgan fingerprint density at radius 3 is 2.64 bits per heavy atom. The zero-order chi connectivity index (χ0) is 37.0. The molecule has 3 aromatic carbocycles. The molecular formula is C43H44N4O5S. The van der Waals surface area contributed by atoms with Crippen LogP contribution in [0.2, 0.25) is 0 Å². The van der Waals surface area contributed by atoms with Gasteiger partial charge in [-0.25, -0.2) is 9.78 Å². The molecule has 3 atom stereocenters. The number of carboxylic acid groups (broad SMARTS) is 1. The van der Waals surface area contributed by atoms with Crippen LogP contribution in [0.5, 0.6) is 11.5 Å². The van der Waals surface area contributed by atoms with Crippen LogP contribution in [-0.4, -0.2) is 44.3 Å². The zero-order valence-electron chi connectivity index (χ0n) is 30.7. The van der Waals surface area contributed by atoms with E-state index < -0.39 is 17.7 Å². The molecule has 0 saturated carbocycles. The first kappa shape index (κ1) is 35.0. The molecule has 2 aliphatic heterocycles. The van der Waals surface area contributed by atoms with Crippen molar-refractivity contribution < 1.29 is 24.1 Å². The summed E-state index contributed by atoms with van der Waals surface area (Å²) in [5.74, 6) is 0.912. The van der Waals surface area contributed by atoms with E-state index in [2.05, 4.69) is 19.1 Å². The number of carbonyl (C=O) groups is 1. The number of hydrogen-bond acceptors (Lipinski definition) is 9.